The number of nitrogens with zero attached hydrogens (tertiary/aromatic N) is 3. The molecule has 1 N–H and O–H groups in total. The van der Waals surface area contributed by atoms with E-state index in [1.165, 1.54) is 10.7 Å². The summed E-state index contributed by atoms with van der Waals surface area (Å²) in [5.74, 6) is 0.663. The zero-order valence-corrected chi connectivity index (χ0v) is 14.1. The normalized spacial score (nSPS) is 13.5. The maximum absolute atomic E-state index is 12.2. The first kappa shape index (κ1) is 16.3. The molecule has 1 aliphatic rings. The molecule has 26 heavy (non-hydrogen) atoms. The number of rotatable bonds is 6. The summed E-state index contributed by atoms with van der Waals surface area (Å²) in [6, 6.07) is 14.4. The van der Waals surface area contributed by atoms with Crippen molar-refractivity contribution in [2.45, 2.75) is 25.3 Å². The zero-order chi connectivity index (χ0) is 17.9. The van der Waals surface area contributed by atoms with Crippen molar-refractivity contribution in [3.8, 4) is 11.3 Å². The highest BCUT2D eigenvalue weighted by Gasteiger charge is 2.25. The van der Waals surface area contributed by atoms with Gasteiger partial charge in [-0.15, -0.1) is 0 Å². The Morgan fingerprint density at radius 1 is 1.19 bits per heavy atom. The van der Waals surface area contributed by atoms with Crippen LogP contribution in [-0.4, -0.2) is 27.4 Å². The van der Waals surface area contributed by atoms with E-state index in [2.05, 4.69) is 15.6 Å². The third kappa shape index (κ3) is 3.56. The molecule has 2 aromatic heterocycles. The molecule has 7 nitrogen and oxygen atoms in total. The van der Waals surface area contributed by atoms with E-state index in [0.717, 1.165) is 24.1 Å². The molecule has 4 rings (SSSR count). The van der Waals surface area contributed by atoms with Crippen molar-refractivity contribution >= 4 is 5.91 Å². The number of carbonyl (C=O) groups is 1. The zero-order valence-electron chi connectivity index (χ0n) is 14.1. The average molecular weight is 350 g/mol. The second-order valence-electron chi connectivity index (χ2n) is 6.29. The second kappa shape index (κ2) is 6.95. The van der Waals surface area contributed by atoms with Crippen LogP contribution in [-0.2, 0) is 6.54 Å². The maximum atomic E-state index is 12.2. The molecule has 1 aliphatic carbocycles. The number of carbonyl (C=O) groups excluding carboxylic acids is 1. The largest absolute Gasteiger partial charge is 0.355 e. The summed E-state index contributed by atoms with van der Waals surface area (Å²) in [7, 11) is 0. The fourth-order valence-corrected chi connectivity index (χ4v) is 2.71. The molecule has 0 bridgehead atoms. The molecule has 0 radical (unpaired) electrons. The SMILES string of the molecule is O=C(NCCn1nc(C2CC2)ccc1=O)c1cc(-c2ccccc2)on1. The third-order valence-corrected chi connectivity index (χ3v) is 4.29. The van der Waals surface area contributed by atoms with Gasteiger partial charge in [-0.05, 0) is 18.9 Å². The van der Waals surface area contributed by atoms with E-state index < -0.39 is 0 Å². The Morgan fingerprint density at radius 2 is 2.00 bits per heavy atom. The summed E-state index contributed by atoms with van der Waals surface area (Å²) in [5.41, 5.74) is 1.83. The maximum Gasteiger partial charge on any atom is 0.273 e. The lowest BCUT2D eigenvalue weighted by atomic mass is 10.1. The summed E-state index contributed by atoms with van der Waals surface area (Å²) in [4.78, 5) is 24.1. The van der Waals surface area contributed by atoms with Crippen molar-refractivity contribution in [1.82, 2.24) is 20.3 Å². The standard InChI is InChI=1S/C19H18N4O3/c24-18-9-8-15(13-6-7-13)21-23(18)11-10-20-19(25)16-12-17(26-22-16)14-4-2-1-3-5-14/h1-5,8-9,12-13H,6-7,10-11H2,(H,20,25). The average Bonchev–Trinajstić information content (AvgIpc) is 3.40. The minimum absolute atomic E-state index is 0.170. The van der Waals surface area contributed by atoms with Crippen molar-refractivity contribution in [2.24, 2.45) is 0 Å². The Morgan fingerprint density at radius 3 is 2.77 bits per heavy atom. The summed E-state index contributed by atoms with van der Waals surface area (Å²) >= 11 is 0. The fourth-order valence-electron chi connectivity index (χ4n) is 2.71. The number of aromatic nitrogens is 3. The van der Waals surface area contributed by atoms with Crippen LogP contribution in [0.15, 0.2) is 57.8 Å². The van der Waals surface area contributed by atoms with E-state index in [-0.39, 0.29) is 23.7 Å². The van der Waals surface area contributed by atoms with Gasteiger partial charge in [0, 0.05) is 30.2 Å². The smallest absolute Gasteiger partial charge is 0.273 e. The lowest BCUT2D eigenvalue weighted by Crippen LogP contribution is -2.32. The summed E-state index contributed by atoms with van der Waals surface area (Å²) < 4.78 is 6.62. The predicted octanol–water partition coefficient (Wildman–Crippen LogP) is 2.21. The van der Waals surface area contributed by atoms with Gasteiger partial charge in [-0.3, -0.25) is 9.59 Å². The molecule has 132 valence electrons. The summed E-state index contributed by atoms with van der Waals surface area (Å²) in [5, 5.41) is 10.9. The highest BCUT2D eigenvalue weighted by Crippen LogP contribution is 2.38. The summed E-state index contributed by atoms with van der Waals surface area (Å²) in [6.45, 7) is 0.599. The monoisotopic (exact) mass is 350 g/mol. The van der Waals surface area contributed by atoms with Gasteiger partial charge < -0.3 is 9.84 Å². The quantitative estimate of drug-likeness (QED) is 0.736. The molecule has 3 aromatic rings. The van der Waals surface area contributed by atoms with Crippen LogP contribution in [0.4, 0.5) is 0 Å². The first-order valence-electron chi connectivity index (χ1n) is 8.59. The number of hydrogen-bond acceptors (Lipinski definition) is 5. The van der Waals surface area contributed by atoms with E-state index >= 15 is 0 Å². The van der Waals surface area contributed by atoms with Gasteiger partial charge in [0.25, 0.3) is 11.5 Å². The Balaban J connectivity index is 1.37. The van der Waals surface area contributed by atoms with E-state index in [4.69, 9.17) is 4.52 Å². The first-order chi connectivity index (χ1) is 12.7. The van der Waals surface area contributed by atoms with Gasteiger partial charge in [0.15, 0.2) is 11.5 Å². The molecule has 1 amide bonds. The van der Waals surface area contributed by atoms with E-state index in [1.807, 2.05) is 30.3 Å². The molecule has 0 unspecified atom stereocenters. The topological polar surface area (TPSA) is 90.0 Å². The minimum atomic E-state index is -0.345. The van der Waals surface area contributed by atoms with Crippen molar-refractivity contribution in [3.63, 3.8) is 0 Å². The minimum Gasteiger partial charge on any atom is -0.355 e. The molecule has 0 atom stereocenters. The van der Waals surface area contributed by atoms with Crippen molar-refractivity contribution < 1.29 is 9.32 Å². The second-order valence-corrected chi connectivity index (χ2v) is 6.29. The van der Waals surface area contributed by atoms with Crippen molar-refractivity contribution in [3.05, 3.63) is 70.3 Å². The lowest BCUT2D eigenvalue weighted by Gasteiger charge is -2.07. The molecule has 0 saturated heterocycles. The van der Waals surface area contributed by atoms with Crippen LogP contribution in [0.1, 0.15) is 34.9 Å². The number of nitrogens with one attached hydrogen (secondary N) is 1. The van der Waals surface area contributed by atoms with Crippen LogP contribution in [0, 0.1) is 0 Å². The van der Waals surface area contributed by atoms with Crippen molar-refractivity contribution in [2.75, 3.05) is 6.54 Å². The Labute approximate surface area is 149 Å². The third-order valence-electron chi connectivity index (χ3n) is 4.29. The van der Waals surface area contributed by atoms with Gasteiger partial charge in [-0.25, -0.2) is 4.68 Å². The molecule has 1 fully saturated rings. The van der Waals surface area contributed by atoms with Crippen LogP contribution >= 0.6 is 0 Å². The molecule has 2 heterocycles. The molecular weight excluding hydrogens is 332 g/mol. The Hall–Kier alpha value is -3.22. The van der Waals surface area contributed by atoms with Crippen molar-refractivity contribution in [1.29, 1.82) is 0 Å². The molecule has 1 aromatic carbocycles. The highest BCUT2D eigenvalue weighted by molar-refractivity contribution is 5.93. The Kier molecular flexibility index (Phi) is 4.35. The van der Waals surface area contributed by atoms with Gasteiger partial charge in [-0.2, -0.15) is 5.10 Å². The van der Waals surface area contributed by atoms with Gasteiger partial charge in [0.1, 0.15) is 0 Å². The number of amides is 1. The van der Waals surface area contributed by atoms with Crippen LogP contribution < -0.4 is 10.9 Å². The highest BCUT2D eigenvalue weighted by atomic mass is 16.5. The Bertz CT molecular complexity index is 974. The lowest BCUT2D eigenvalue weighted by molar-refractivity contribution is 0.0942. The molecule has 0 aliphatic heterocycles. The van der Waals surface area contributed by atoms with Crippen LogP contribution in [0.2, 0.25) is 0 Å². The van der Waals surface area contributed by atoms with E-state index in [9.17, 15) is 9.59 Å². The first-order valence-corrected chi connectivity index (χ1v) is 8.59. The van der Waals surface area contributed by atoms with Crippen LogP contribution in [0.3, 0.4) is 0 Å². The molecule has 7 heteroatoms. The van der Waals surface area contributed by atoms with E-state index in [1.54, 1.807) is 12.1 Å². The van der Waals surface area contributed by atoms with Gasteiger partial charge in [0.2, 0.25) is 0 Å². The van der Waals surface area contributed by atoms with Gasteiger partial charge in [0.05, 0.1) is 12.2 Å². The van der Waals surface area contributed by atoms with Crippen LogP contribution in [0.5, 0.6) is 0 Å². The van der Waals surface area contributed by atoms with E-state index in [0.29, 0.717) is 18.2 Å². The number of hydrogen-bond donors (Lipinski definition) is 1. The van der Waals surface area contributed by atoms with Gasteiger partial charge in [-0.1, -0.05) is 35.5 Å². The number of benzene rings is 1. The fraction of sp³-hybridized carbons (Fsp3) is 0.263. The molecular formula is C19H18N4O3. The van der Waals surface area contributed by atoms with Crippen LogP contribution in [0.25, 0.3) is 11.3 Å². The summed E-state index contributed by atoms with van der Waals surface area (Å²) in [6.07, 6.45) is 2.25. The molecule has 1 saturated carbocycles. The molecule has 0 spiro atoms. The van der Waals surface area contributed by atoms with Gasteiger partial charge >= 0.3 is 0 Å². The predicted molar refractivity (Wildman–Crippen MR) is 94.7 cm³/mol.